The van der Waals surface area contributed by atoms with Gasteiger partial charge in [0.05, 0.1) is 16.3 Å². The number of aromatic carboxylic acids is 1. The van der Waals surface area contributed by atoms with Crippen molar-refractivity contribution in [2.24, 2.45) is 0 Å². The highest BCUT2D eigenvalue weighted by Gasteiger charge is 2.19. The largest absolute Gasteiger partial charge is 0.478 e. The Bertz CT molecular complexity index is 735. The molecule has 1 amide bonds. The van der Waals surface area contributed by atoms with E-state index in [1.54, 1.807) is 0 Å². The molecule has 1 atom stereocenters. The van der Waals surface area contributed by atoms with Gasteiger partial charge < -0.3 is 14.9 Å². The van der Waals surface area contributed by atoms with Crippen molar-refractivity contribution in [1.82, 2.24) is 5.16 Å². The minimum absolute atomic E-state index is 0.00578. The van der Waals surface area contributed by atoms with Gasteiger partial charge in [0.2, 0.25) is 5.91 Å². The van der Waals surface area contributed by atoms with Crippen LogP contribution in [0, 0.1) is 13.8 Å². The van der Waals surface area contributed by atoms with Gasteiger partial charge in [0.1, 0.15) is 5.76 Å². The molecule has 0 bridgehead atoms. The fourth-order valence-electron chi connectivity index (χ4n) is 2.55. The first kappa shape index (κ1) is 17.0. The van der Waals surface area contributed by atoms with Crippen molar-refractivity contribution < 1.29 is 19.2 Å². The number of halogens is 1. The Hall–Kier alpha value is -2.34. The predicted octanol–water partition coefficient (Wildman–Crippen LogP) is 3.78. The second-order valence-electron chi connectivity index (χ2n) is 5.39. The standard InChI is InChI=1S/C16H17ClN2O4/c1-8(15-9(2)19-23-10(15)3)6-14(20)18-11-4-5-12(16(21)22)13(17)7-11/h4-5,7-8H,6H2,1-3H3,(H,18,20)(H,21,22). The maximum Gasteiger partial charge on any atom is 0.337 e. The quantitative estimate of drug-likeness (QED) is 0.866. The molecular formula is C16H17ClN2O4. The number of hydrogen-bond donors (Lipinski definition) is 2. The van der Waals surface area contributed by atoms with Crippen molar-refractivity contribution >= 4 is 29.2 Å². The van der Waals surface area contributed by atoms with Gasteiger partial charge in [-0.25, -0.2) is 4.79 Å². The zero-order chi connectivity index (χ0) is 17.1. The first-order chi connectivity index (χ1) is 10.8. The van der Waals surface area contributed by atoms with E-state index in [9.17, 15) is 9.59 Å². The van der Waals surface area contributed by atoms with Crippen molar-refractivity contribution in [2.45, 2.75) is 33.1 Å². The van der Waals surface area contributed by atoms with E-state index in [1.807, 2.05) is 20.8 Å². The molecule has 7 heteroatoms. The minimum atomic E-state index is -1.11. The summed E-state index contributed by atoms with van der Waals surface area (Å²) >= 11 is 5.88. The SMILES string of the molecule is Cc1noc(C)c1C(C)CC(=O)Nc1ccc(C(=O)O)c(Cl)c1. The molecular weight excluding hydrogens is 320 g/mol. The Kier molecular flexibility index (Phi) is 5.05. The summed E-state index contributed by atoms with van der Waals surface area (Å²) in [6.45, 7) is 5.57. The number of aromatic nitrogens is 1. The van der Waals surface area contributed by atoms with Crippen molar-refractivity contribution in [3.63, 3.8) is 0 Å². The third kappa shape index (κ3) is 3.90. The molecule has 0 saturated heterocycles. The van der Waals surface area contributed by atoms with E-state index >= 15 is 0 Å². The van der Waals surface area contributed by atoms with Crippen LogP contribution in [0.15, 0.2) is 22.7 Å². The highest BCUT2D eigenvalue weighted by Crippen LogP contribution is 2.27. The molecule has 0 spiro atoms. The first-order valence-electron chi connectivity index (χ1n) is 7.05. The molecule has 0 fully saturated rings. The molecule has 0 aliphatic rings. The van der Waals surface area contributed by atoms with Crippen LogP contribution in [-0.4, -0.2) is 22.1 Å². The van der Waals surface area contributed by atoms with Crippen LogP contribution in [0.2, 0.25) is 5.02 Å². The fourth-order valence-corrected chi connectivity index (χ4v) is 2.81. The van der Waals surface area contributed by atoms with Gasteiger partial charge in [0.15, 0.2) is 0 Å². The minimum Gasteiger partial charge on any atom is -0.478 e. The number of nitrogens with one attached hydrogen (secondary N) is 1. The monoisotopic (exact) mass is 336 g/mol. The number of amides is 1. The van der Waals surface area contributed by atoms with Crippen LogP contribution < -0.4 is 5.32 Å². The van der Waals surface area contributed by atoms with E-state index in [-0.39, 0.29) is 28.8 Å². The van der Waals surface area contributed by atoms with Crippen LogP contribution in [0.5, 0.6) is 0 Å². The van der Waals surface area contributed by atoms with Crippen molar-refractivity contribution in [2.75, 3.05) is 5.32 Å². The number of carboxylic acids is 1. The summed E-state index contributed by atoms with van der Waals surface area (Å²) in [6.07, 6.45) is 0.251. The Morgan fingerprint density at radius 3 is 2.61 bits per heavy atom. The van der Waals surface area contributed by atoms with Gasteiger partial charge in [0, 0.05) is 17.7 Å². The number of carbonyl (C=O) groups is 2. The second kappa shape index (κ2) is 6.83. The highest BCUT2D eigenvalue weighted by molar-refractivity contribution is 6.33. The molecule has 0 radical (unpaired) electrons. The third-order valence-corrected chi connectivity index (χ3v) is 3.87. The van der Waals surface area contributed by atoms with E-state index in [2.05, 4.69) is 10.5 Å². The van der Waals surface area contributed by atoms with Crippen molar-refractivity contribution in [3.8, 4) is 0 Å². The molecule has 2 N–H and O–H groups in total. The van der Waals surface area contributed by atoms with Crippen molar-refractivity contribution in [3.05, 3.63) is 45.8 Å². The van der Waals surface area contributed by atoms with Crippen LogP contribution in [-0.2, 0) is 4.79 Å². The summed E-state index contributed by atoms with van der Waals surface area (Å²) < 4.78 is 5.11. The number of anilines is 1. The Balaban J connectivity index is 2.05. The lowest BCUT2D eigenvalue weighted by molar-refractivity contribution is -0.116. The number of carboxylic acid groups (broad SMARTS) is 1. The molecule has 0 saturated carbocycles. The lowest BCUT2D eigenvalue weighted by Gasteiger charge is -2.12. The Morgan fingerprint density at radius 1 is 1.39 bits per heavy atom. The highest BCUT2D eigenvalue weighted by atomic mass is 35.5. The molecule has 1 aromatic heterocycles. The maximum atomic E-state index is 12.1. The maximum absolute atomic E-state index is 12.1. The van der Waals surface area contributed by atoms with E-state index in [4.69, 9.17) is 21.2 Å². The van der Waals surface area contributed by atoms with Crippen LogP contribution in [0.25, 0.3) is 0 Å². The summed E-state index contributed by atoms with van der Waals surface area (Å²) in [6, 6.07) is 4.29. The lowest BCUT2D eigenvalue weighted by atomic mass is 9.96. The first-order valence-corrected chi connectivity index (χ1v) is 7.42. The molecule has 122 valence electrons. The molecule has 2 aromatic rings. The number of benzene rings is 1. The molecule has 6 nitrogen and oxygen atoms in total. The summed E-state index contributed by atoms with van der Waals surface area (Å²) in [7, 11) is 0. The summed E-state index contributed by atoms with van der Waals surface area (Å²) in [5.74, 6) is -0.650. The molecule has 1 heterocycles. The summed E-state index contributed by atoms with van der Waals surface area (Å²) in [5, 5.41) is 15.6. The van der Waals surface area contributed by atoms with Crippen LogP contribution in [0.4, 0.5) is 5.69 Å². The number of rotatable bonds is 5. The van der Waals surface area contributed by atoms with Gasteiger partial charge in [-0.05, 0) is 38.0 Å². The zero-order valence-electron chi connectivity index (χ0n) is 13.0. The smallest absolute Gasteiger partial charge is 0.337 e. The van der Waals surface area contributed by atoms with Gasteiger partial charge in [-0.2, -0.15) is 0 Å². The van der Waals surface area contributed by atoms with Gasteiger partial charge >= 0.3 is 5.97 Å². The predicted molar refractivity (Wildman–Crippen MR) is 86.1 cm³/mol. The van der Waals surface area contributed by atoms with Gasteiger partial charge in [-0.3, -0.25) is 4.79 Å². The average Bonchev–Trinajstić information content (AvgIpc) is 2.77. The topological polar surface area (TPSA) is 92.4 Å². The molecule has 23 heavy (non-hydrogen) atoms. The van der Waals surface area contributed by atoms with E-state index in [0.29, 0.717) is 11.4 Å². The average molecular weight is 337 g/mol. The number of aryl methyl sites for hydroxylation is 2. The number of carbonyl (C=O) groups excluding carboxylic acids is 1. The molecule has 1 unspecified atom stereocenters. The summed E-state index contributed by atoms with van der Waals surface area (Å²) in [5.41, 5.74) is 2.15. The van der Waals surface area contributed by atoms with Crippen LogP contribution in [0.3, 0.4) is 0 Å². The van der Waals surface area contributed by atoms with Crippen molar-refractivity contribution in [1.29, 1.82) is 0 Å². The van der Waals surface area contributed by atoms with E-state index in [1.165, 1.54) is 18.2 Å². The summed E-state index contributed by atoms with van der Waals surface area (Å²) in [4.78, 5) is 23.1. The normalized spacial score (nSPS) is 12.0. The van der Waals surface area contributed by atoms with Gasteiger partial charge in [-0.15, -0.1) is 0 Å². The zero-order valence-corrected chi connectivity index (χ0v) is 13.8. The van der Waals surface area contributed by atoms with Gasteiger partial charge in [-0.1, -0.05) is 23.7 Å². The lowest BCUT2D eigenvalue weighted by Crippen LogP contribution is -2.15. The Labute approximate surface area is 138 Å². The van der Waals surface area contributed by atoms with E-state index in [0.717, 1.165) is 11.3 Å². The number of nitrogens with zero attached hydrogens (tertiary/aromatic N) is 1. The van der Waals surface area contributed by atoms with Crippen LogP contribution in [0.1, 0.15) is 46.6 Å². The van der Waals surface area contributed by atoms with Crippen LogP contribution >= 0.6 is 11.6 Å². The fraction of sp³-hybridized carbons (Fsp3) is 0.312. The third-order valence-electron chi connectivity index (χ3n) is 3.56. The molecule has 0 aliphatic heterocycles. The second-order valence-corrected chi connectivity index (χ2v) is 5.80. The Morgan fingerprint density at radius 2 is 2.09 bits per heavy atom. The van der Waals surface area contributed by atoms with E-state index < -0.39 is 5.97 Å². The van der Waals surface area contributed by atoms with Gasteiger partial charge in [0.25, 0.3) is 0 Å². The number of hydrogen-bond acceptors (Lipinski definition) is 4. The molecule has 0 aliphatic carbocycles. The molecule has 2 rings (SSSR count). The molecule has 1 aromatic carbocycles.